The highest BCUT2D eigenvalue weighted by Gasteiger charge is 2.31. The molecule has 1 aromatic rings. The van der Waals surface area contributed by atoms with Crippen molar-refractivity contribution >= 4 is 17.3 Å². The number of ether oxygens (including phenoxy) is 1. The van der Waals surface area contributed by atoms with Gasteiger partial charge in [0.1, 0.15) is 11.0 Å². The molecule has 1 aliphatic heterocycles. The molecule has 82 valence electrons. The summed E-state index contributed by atoms with van der Waals surface area (Å²) in [5.74, 6) is -0.121. The molecule has 0 aliphatic carbocycles. The normalized spacial score (nSPS) is 21.8. The summed E-state index contributed by atoms with van der Waals surface area (Å²) in [5.41, 5.74) is 0. The first-order chi connectivity index (χ1) is 7.31. The van der Waals surface area contributed by atoms with E-state index >= 15 is 0 Å². The Morgan fingerprint density at radius 3 is 3.33 bits per heavy atom. The largest absolute Gasteiger partial charge is 0.468 e. The van der Waals surface area contributed by atoms with Crippen LogP contribution in [0.4, 0.5) is 0 Å². The van der Waals surface area contributed by atoms with Gasteiger partial charge >= 0.3 is 5.97 Å². The van der Waals surface area contributed by atoms with Crippen LogP contribution in [-0.2, 0) is 16.1 Å². The van der Waals surface area contributed by atoms with Gasteiger partial charge in [0.15, 0.2) is 0 Å². The third-order valence-electron chi connectivity index (χ3n) is 2.66. The molecule has 1 unspecified atom stereocenters. The number of likely N-dealkylation sites (tertiary alicyclic amines) is 1. The molecule has 0 radical (unpaired) electrons. The molecule has 1 atom stereocenters. The summed E-state index contributed by atoms with van der Waals surface area (Å²) in [6.07, 6.45) is 3.76. The first kappa shape index (κ1) is 10.6. The van der Waals surface area contributed by atoms with Crippen LogP contribution >= 0.6 is 11.3 Å². The zero-order valence-electron chi connectivity index (χ0n) is 8.68. The summed E-state index contributed by atoms with van der Waals surface area (Å²) in [5, 5.41) is 3.02. The summed E-state index contributed by atoms with van der Waals surface area (Å²) < 4.78 is 4.79. The Bertz CT molecular complexity index is 326. The zero-order valence-corrected chi connectivity index (χ0v) is 9.50. The minimum Gasteiger partial charge on any atom is -0.468 e. The second-order valence-electron chi connectivity index (χ2n) is 3.58. The van der Waals surface area contributed by atoms with Crippen LogP contribution in [-0.4, -0.2) is 35.5 Å². The maximum Gasteiger partial charge on any atom is 0.323 e. The molecule has 1 saturated heterocycles. The molecule has 5 heteroatoms. The van der Waals surface area contributed by atoms with E-state index in [1.807, 2.05) is 5.38 Å². The van der Waals surface area contributed by atoms with Gasteiger partial charge in [0.05, 0.1) is 13.7 Å². The first-order valence-corrected chi connectivity index (χ1v) is 5.89. The monoisotopic (exact) mass is 226 g/mol. The van der Waals surface area contributed by atoms with Gasteiger partial charge in [0.25, 0.3) is 0 Å². The lowest BCUT2D eigenvalue weighted by Gasteiger charge is -2.20. The minimum atomic E-state index is -0.121. The van der Waals surface area contributed by atoms with Gasteiger partial charge in [-0.15, -0.1) is 11.3 Å². The van der Waals surface area contributed by atoms with Crippen molar-refractivity contribution in [1.82, 2.24) is 9.88 Å². The van der Waals surface area contributed by atoms with E-state index in [2.05, 4.69) is 9.88 Å². The van der Waals surface area contributed by atoms with E-state index in [1.165, 1.54) is 7.11 Å². The first-order valence-electron chi connectivity index (χ1n) is 5.01. The number of hydrogen-bond donors (Lipinski definition) is 0. The van der Waals surface area contributed by atoms with Gasteiger partial charge in [-0.25, -0.2) is 4.98 Å². The molecular formula is C10H14N2O2S. The van der Waals surface area contributed by atoms with E-state index in [4.69, 9.17) is 4.74 Å². The fourth-order valence-electron chi connectivity index (χ4n) is 1.92. The molecule has 1 aliphatic rings. The standard InChI is InChI=1S/C10H14N2O2S/c1-14-10(13)8-3-2-5-12(8)7-9-11-4-6-15-9/h4,6,8H,2-3,5,7H2,1H3. The second kappa shape index (κ2) is 4.72. The summed E-state index contributed by atoms with van der Waals surface area (Å²) in [7, 11) is 1.45. The molecule has 0 saturated carbocycles. The van der Waals surface area contributed by atoms with Crippen molar-refractivity contribution in [3.63, 3.8) is 0 Å². The summed E-state index contributed by atoms with van der Waals surface area (Å²) >= 11 is 1.63. The van der Waals surface area contributed by atoms with E-state index in [-0.39, 0.29) is 12.0 Å². The highest BCUT2D eigenvalue weighted by Crippen LogP contribution is 2.21. The lowest BCUT2D eigenvalue weighted by atomic mass is 10.2. The maximum absolute atomic E-state index is 11.5. The average Bonchev–Trinajstić information content (AvgIpc) is 2.88. The average molecular weight is 226 g/mol. The minimum absolute atomic E-state index is 0.0705. The Hall–Kier alpha value is -0.940. The van der Waals surface area contributed by atoms with Crippen molar-refractivity contribution in [1.29, 1.82) is 0 Å². The Kier molecular flexibility index (Phi) is 3.33. The lowest BCUT2D eigenvalue weighted by Crippen LogP contribution is -2.36. The fourth-order valence-corrected chi connectivity index (χ4v) is 2.56. The van der Waals surface area contributed by atoms with Crippen molar-refractivity contribution in [2.45, 2.75) is 25.4 Å². The van der Waals surface area contributed by atoms with Gasteiger partial charge < -0.3 is 4.74 Å². The SMILES string of the molecule is COC(=O)C1CCCN1Cc1nccs1. The Balaban J connectivity index is 1.99. The van der Waals surface area contributed by atoms with Crippen LogP contribution in [0.3, 0.4) is 0 Å². The Labute approximate surface area is 92.9 Å². The van der Waals surface area contributed by atoms with E-state index in [9.17, 15) is 4.79 Å². The molecule has 0 bridgehead atoms. The second-order valence-corrected chi connectivity index (χ2v) is 4.56. The smallest absolute Gasteiger partial charge is 0.323 e. The van der Waals surface area contributed by atoms with Gasteiger partial charge in [-0.05, 0) is 19.4 Å². The van der Waals surface area contributed by atoms with Crippen LogP contribution in [0.15, 0.2) is 11.6 Å². The molecule has 0 amide bonds. The van der Waals surface area contributed by atoms with Crippen molar-refractivity contribution in [2.24, 2.45) is 0 Å². The van der Waals surface area contributed by atoms with Crippen molar-refractivity contribution in [2.75, 3.05) is 13.7 Å². The van der Waals surface area contributed by atoms with E-state index in [1.54, 1.807) is 17.5 Å². The Morgan fingerprint density at radius 2 is 2.67 bits per heavy atom. The van der Waals surface area contributed by atoms with E-state index < -0.39 is 0 Å². The Morgan fingerprint density at radius 1 is 1.80 bits per heavy atom. The van der Waals surface area contributed by atoms with Crippen molar-refractivity contribution in [3.05, 3.63) is 16.6 Å². The topological polar surface area (TPSA) is 42.4 Å². The molecular weight excluding hydrogens is 212 g/mol. The predicted octanol–water partition coefficient (Wildman–Crippen LogP) is 1.28. The van der Waals surface area contributed by atoms with Gasteiger partial charge in [-0.1, -0.05) is 0 Å². The van der Waals surface area contributed by atoms with Gasteiger partial charge in [0.2, 0.25) is 0 Å². The fraction of sp³-hybridized carbons (Fsp3) is 0.600. The molecule has 1 aromatic heterocycles. The number of nitrogens with zero attached hydrogens (tertiary/aromatic N) is 2. The molecule has 0 spiro atoms. The predicted molar refractivity (Wildman–Crippen MR) is 57.6 cm³/mol. The van der Waals surface area contributed by atoms with Crippen LogP contribution in [0.25, 0.3) is 0 Å². The molecule has 15 heavy (non-hydrogen) atoms. The van der Waals surface area contributed by atoms with Crippen LogP contribution in [0.2, 0.25) is 0 Å². The zero-order chi connectivity index (χ0) is 10.7. The lowest BCUT2D eigenvalue weighted by molar-refractivity contribution is -0.146. The third kappa shape index (κ3) is 2.35. The number of methoxy groups -OCH3 is 1. The number of carbonyl (C=O) groups is 1. The molecule has 0 N–H and O–H groups in total. The van der Waals surface area contributed by atoms with Crippen LogP contribution < -0.4 is 0 Å². The number of rotatable bonds is 3. The van der Waals surface area contributed by atoms with Gasteiger partial charge in [0, 0.05) is 11.6 Å². The van der Waals surface area contributed by atoms with Crippen LogP contribution in [0.5, 0.6) is 0 Å². The van der Waals surface area contributed by atoms with Crippen LogP contribution in [0, 0.1) is 0 Å². The number of hydrogen-bond acceptors (Lipinski definition) is 5. The van der Waals surface area contributed by atoms with Crippen LogP contribution in [0.1, 0.15) is 17.8 Å². The van der Waals surface area contributed by atoms with Crippen molar-refractivity contribution < 1.29 is 9.53 Å². The number of thiazole rings is 1. The molecule has 2 heterocycles. The maximum atomic E-state index is 11.5. The number of aromatic nitrogens is 1. The molecule has 1 fully saturated rings. The third-order valence-corrected chi connectivity index (χ3v) is 3.42. The quantitative estimate of drug-likeness (QED) is 0.728. The van der Waals surface area contributed by atoms with Gasteiger partial charge in [-0.3, -0.25) is 9.69 Å². The highest BCUT2D eigenvalue weighted by atomic mass is 32.1. The van der Waals surface area contributed by atoms with E-state index in [0.717, 1.165) is 30.9 Å². The highest BCUT2D eigenvalue weighted by molar-refractivity contribution is 7.09. The molecule has 4 nitrogen and oxygen atoms in total. The van der Waals surface area contributed by atoms with Gasteiger partial charge in [-0.2, -0.15) is 0 Å². The summed E-state index contributed by atoms with van der Waals surface area (Å²) in [4.78, 5) is 17.8. The summed E-state index contributed by atoms with van der Waals surface area (Å²) in [6.45, 7) is 1.72. The molecule has 2 rings (SSSR count). The molecule has 0 aromatic carbocycles. The van der Waals surface area contributed by atoms with E-state index in [0.29, 0.717) is 0 Å². The summed E-state index contributed by atoms with van der Waals surface area (Å²) in [6, 6.07) is -0.0705. The van der Waals surface area contributed by atoms with Crippen molar-refractivity contribution in [3.8, 4) is 0 Å². The number of carbonyl (C=O) groups excluding carboxylic acids is 1. The number of esters is 1.